The number of hydrogen-bond acceptors (Lipinski definition) is 1. The van der Waals surface area contributed by atoms with E-state index in [1.165, 1.54) is 57.8 Å². The maximum absolute atomic E-state index is 10.1. The first kappa shape index (κ1) is 12.4. The number of unbranched alkanes of at least 4 members (excludes halogenated alkanes) is 5. The molecule has 0 spiro atoms. The van der Waals surface area contributed by atoms with E-state index in [0.29, 0.717) is 5.92 Å². The van der Waals surface area contributed by atoms with Crippen LogP contribution in [0.15, 0.2) is 0 Å². The summed E-state index contributed by atoms with van der Waals surface area (Å²) in [6.45, 7) is 2.26. The van der Waals surface area contributed by atoms with E-state index in [1.54, 1.807) is 0 Å². The van der Waals surface area contributed by atoms with Crippen molar-refractivity contribution in [3.05, 3.63) is 0 Å². The highest BCUT2D eigenvalue weighted by molar-refractivity contribution is 4.97. The van der Waals surface area contributed by atoms with E-state index in [-0.39, 0.29) is 6.10 Å². The molecule has 1 heteroatoms. The Morgan fingerprint density at radius 2 is 1.56 bits per heavy atom. The Kier molecular flexibility index (Phi) is 4.69. The number of aliphatic hydroxyl groups is 1. The van der Waals surface area contributed by atoms with Gasteiger partial charge in [0.15, 0.2) is 0 Å². The molecule has 16 heavy (non-hydrogen) atoms. The van der Waals surface area contributed by atoms with Gasteiger partial charge < -0.3 is 5.11 Å². The number of fused-ring (bicyclic) bond motifs is 1. The van der Waals surface area contributed by atoms with Crippen LogP contribution in [0.5, 0.6) is 0 Å². The highest BCUT2D eigenvalue weighted by atomic mass is 16.3. The molecule has 0 aliphatic heterocycles. The zero-order chi connectivity index (χ0) is 11.4. The molecule has 2 fully saturated rings. The minimum Gasteiger partial charge on any atom is -0.393 e. The first-order valence-electron chi connectivity index (χ1n) is 7.49. The topological polar surface area (TPSA) is 20.2 Å². The van der Waals surface area contributed by atoms with Gasteiger partial charge >= 0.3 is 0 Å². The molecule has 0 saturated heterocycles. The molecule has 3 atom stereocenters. The zero-order valence-electron chi connectivity index (χ0n) is 10.8. The zero-order valence-corrected chi connectivity index (χ0v) is 10.8. The minimum atomic E-state index is 0.0268. The van der Waals surface area contributed by atoms with Crippen LogP contribution in [0.25, 0.3) is 0 Å². The van der Waals surface area contributed by atoms with Crippen LogP contribution in [-0.2, 0) is 0 Å². The van der Waals surface area contributed by atoms with Crippen molar-refractivity contribution in [2.24, 2.45) is 17.8 Å². The van der Waals surface area contributed by atoms with Gasteiger partial charge in [-0.3, -0.25) is 0 Å². The standard InChI is InChI=1S/C15H28O/c1-2-3-4-5-6-7-8-15(16)14-10-12-9-13(12)11-14/h12-16H,2-11H2,1H3. The van der Waals surface area contributed by atoms with Gasteiger partial charge in [-0.25, -0.2) is 0 Å². The van der Waals surface area contributed by atoms with E-state index in [1.807, 2.05) is 0 Å². The van der Waals surface area contributed by atoms with E-state index in [4.69, 9.17) is 0 Å². The van der Waals surface area contributed by atoms with Crippen molar-refractivity contribution >= 4 is 0 Å². The predicted molar refractivity (Wildman–Crippen MR) is 68.3 cm³/mol. The molecule has 2 saturated carbocycles. The van der Waals surface area contributed by atoms with Crippen LogP contribution in [0.1, 0.15) is 71.1 Å². The first-order chi connectivity index (χ1) is 7.81. The normalized spacial score (nSPS) is 33.8. The summed E-state index contributed by atoms with van der Waals surface area (Å²) in [5, 5.41) is 10.1. The summed E-state index contributed by atoms with van der Waals surface area (Å²) >= 11 is 0. The molecule has 0 radical (unpaired) electrons. The van der Waals surface area contributed by atoms with Crippen molar-refractivity contribution < 1.29 is 5.11 Å². The van der Waals surface area contributed by atoms with E-state index < -0.39 is 0 Å². The Balaban J connectivity index is 1.46. The molecule has 1 nitrogen and oxygen atoms in total. The third-order valence-electron chi connectivity index (χ3n) is 4.68. The summed E-state index contributed by atoms with van der Waals surface area (Å²) in [5.41, 5.74) is 0. The molecule has 0 aromatic heterocycles. The van der Waals surface area contributed by atoms with Crippen molar-refractivity contribution in [3.63, 3.8) is 0 Å². The Morgan fingerprint density at radius 3 is 2.25 bits per heavy atom. The van der Waals surface area contributed by atoms with Crippen LogP contribution in [0, 0.1) is 17.8 Å². The lowest BCUT2D eigenvalue weighted by Gasteiger charge is -2.19. The van der Waals surface area contributed by atoms with Gasteiger partial charge in [0.2, 0.25) is 0 Å². The summed E-state index contributed by atoms with van der Waals surface area (Å²) < 4.78 is 0. The lowest BCUT2D eigenvalue weighted by atomic mass is 9.93. The molecule has 94 valence electrons. The van der Waals surface area contributed by atoms with Crippen molar-refractivity contribution in [2.75, 3.05) is 0 Å². The van der Waals surface area contributed by atoms with E-state index in [9.17, 15) is 5.11 Å². The van der Waals surface area contributed by atoms with Crippen LogP contribution in [0.3, 0.4) is 0 Å². The van der Waals surface area contributed by atoms with Crippen LogP contribution in [0.2, 0.25) is 0 Å². The molecule has 0 aromatic rings. The van der Waals surface area contributed by atoms with Crippen LogP contribution in [-0.4, -0.2) is 11.2 Å². The van der Waals surface area contributed by atoms with E-state index in [2.05, 4.69) is 6.92 Å². The third-order valence-corrected chi connectivity index (χ3v) is 4.68. The van der Waals surface area contributed by atoms with Gasteiger partial charge in [0.05, 0.1) is 6.10 Å². The van der Waals surface area contributed by atoms with Gasteiger partial charge in [0.25, 0.3) is 0 Å². The lowest BCUT2D eigenvalue weighted by molar-refractivity contribution is 0.0924. The molecular formula is C15H28O. The molecular weight excluding hydrogens is 196 g/mol. The monoisotopic (exact) mass is 224 g/mol. The van der Waals surface area contributed by atoms with E-state index in [0.717, 1.165) is 18.3 Å². The fourth-order valence-corrected chi connectivity index (χ4v) is 3.45. The Labute approximate surface area is 101 Å². The molecule has 0 bridgehead atoms. The summed E-state index contributed by atoms with van der Waals surface area (Å²) in [7, 11) is 0. The molecule has 2 rings (SSSR count). The van der Waals surface area contributed by atoms with Crippen molar-refractivity contribution in [1.29, 1.82) is 0 Å². The smallest absolute Gasteiger partial charge is 0.0568 e. The largest absolute Gasteiger partial charge is 0.393 e. The Bertz CT molecular complexity index is 192. The summed E-state index contributed by atoms with van der Waals surface area (Å²) in [5.74, 6) is 2.70. The highest BCUT2D eigenvalue weighted by Gasteiger charge is 2.47. The SMILES string of the molecule is CCCCCCCCC(O)C1CC2CC2C1. The second-order valence-corrected chi connectivity index (χ2v) is 6.11. The van der Waals surface area contributed by atoms with Crippen molar-refractivity contribution in [2.45, 2.75) is 77.2 Å². The second kappa shape index (κ2) is 6.05. The summed E-state index contributed by atoms with van der Waals surface area (Å²) in [6.07, 6.45) is 13.3. The Hall–Kier alpha value is -0.0400. The summed E-state index contributed by atoms with van der Waals surface area (Å²) in [6, 6.07) is 0. The van der Waals surface area contributed by atoms with Crippen molar-refractivity contribution in [3.8, 4) is 0 Å². The summed E-state index contributed by atoms with van der Waals surface area (Å²) in [4.78, 5) is 0. The minimum absolute atomic E-state index is 0.0268. The van der Waals surface area contributed by atoms with Gasteiger partial charge in [-0.05, 0) is 43.4 Å². The number of rotatable bonds is 8. The molecule has 1 N–H and O–H groups in total. The molecule has 3 unspecified atom stereocenters. The highest BCUT2D eigenvalue weighted by Crippen LogP contribution is 2.55. The quantitative estimate of drug-likeness (QED) is 0.614. The van der Waals surface area contributed by atoms with Crippen LogP contribution >= 0.6 is 0 Å². The average Bonchev–Trinajstić information content (AvgIpc) is 2.90. The van der Waals surface area contributed by atoms with Gasteiger partial charge in [0, 0.05) is 0 Å². The molecule has 0 aromatic carbocycles. The lowest BCUT2D eigenvalue weighted by Crippen LogP contribution is -2.18. The fourth-order valence-electron chi connectivity index (χ4n) is 3.45. The molecule has 2 aliphatic rings. The molecule has 0 heterocycles. The number of hydrogen-bond donors (Lipinski definition) is 1. The fraction of sp³-hybridized carbons (Fsp3) is 1.00. The maximum atomic E-state index is 10.1. The van der Waals surface area contributed by atoms with Gasteiger partial charge in [-0.2, -0.15) is 0 Å². The predicted octanol–water partition coefficient (Wildman–Crippen LogP) is 4.14. The second-order valence-electron chi connectivity index (χ2n) is 6.11. The Morgan fingerprint density at radius 1 is 0.938 bits per heavy atom. The van der Waals surface area contributed by atoms with Crippen molar-refractivity contribution in [1.82, 2.24) is 0 Å². The van der Waals surface area contributed by atoms with Gasteiger partial charge in [-0.1, -0.05) is 45.4 Å². The van der Waals surface area contributed by atoms with Crippen LogP contribution in [0.4, 0.5) is 0 Å². The third kappa shape index (κ3) is 3.48. The maximum Gasteiger partial charge on any atom is 0.0568 e. The number of aliphatic hydroxyl groups excluding tert-OH is 1. The molecule has 2 aliphatic carbocycles. The van der Waals surface area contributed by atoms with Crippen LogP contribution < -0.4 is 0 Å². The van der Waals surface area contributed by atoms with E-state index >= 15 is 0 Å². The average molecular weight is 224 g/mol. The molecule has 0 amide bonds. The van der Waals surface area contributed by atoms with Gasteiger partial charge in [0.1, 0.15) is 0 Å². The van der Waals surface area contributed by atoms with Gasteiger partial charge in [-0.15, -0.1) is 0 Å². The first-order valence-corrected chi connectivity index (χ1v) is 7.49.